The first-order valence-electron chi connectivity index (χ1n) is 5.05. The van der Waals surface area contributed by atoms with Crippen molar-refractivity contribution in [2.24, 2.45) is 5.73 Å². The number of nitrogens with two attached hydrogens (primary N) is 1. The van der Waals surface area contributed by atoms with E-state index in [0.717, 1.165) is 37.4 Å². The SMILES string of the molecule is Cc1nccnc1N1CCC(N)CC1.Cl. The van der Waals surface area contributed by atoms with Gasteiger partial charge in [-0.3, -0.25) is 4.98 Å². The number of hydrogen-bond acceptors (Lipinski definition) is 4. The molecule has 0 aliphatic carbocycles. The maximum absolute atomic E-state index is 5.85. The van der Waals surface area contributed by atoms with E-state index in [1.54, 1.807) is 12.4 Å². The van der Waals surface area contributed by atoms with Crippen LogP contribution in [0.1, 0.15) is 18.5 Å². The Kier molecular flexibility index (Phi) is 4.29. The van der Waals surface area contributed by atoms with Crippen LogP contribution in [0.25, 0.3) is 0 Å². The van der Waals surface area contributed by atoms with E-state index in [4.69, 9.17) is 5.73 Å². The summed E-state index contributed by atoms with van der Waals surface area (Å²) in [4.78, 5) is 10.9. The lowest BCUT2D eigenvalue weighted by molar-refractivity contribution is 0.497. The second kappa shape index (κ2) is 5.28. The van der Waals surface area contributed by atoms with Crippen molar-refractivity contribution >= 4 is 18.2 Å². The number of aryl methyl sites for hydroxylation is 1. The number of nitrogens with zero attached hydrogens (tertiary/aromatic N) is 3. The van der Waals surface area contributed by atoms with Gasteiger partial charge in [0.15, 0.2) is 0 Å². The zero-order valence-corrected chi connectivity index (χ0v) is 9.70. The molecule has 0 radical (unpaired) electrons. The van der Waals surface area contributed by atoms with Crippen molar-refractivity contribution in [2.45, 2.75) is 25.8 Å². The van der Waals surface area contributed by atoms with Gasteiger partial charge in [0, 0.05) is 31.5 Å². The molecular formula is C10H17ClN4. The van der Waals surface area contributed by atoms with Crippen LogP contribution in [0.15, 0.2) is 12.4 Å². The van der Waals surface area contributed by atoms with E-state index < -0.39 is 0 Å². The molecule has 0 saturated carbocycles. The van der Waals surface area contributed by atoms with E-state index in [0.29, 0.717) is 6.04 Å². The Morgan fingerprint density at radius 1 is 1.27 bits per heavy atom. The van der Waals surface area contributed by atoms with Crippen LogP contribution in [0, 0.1) is 6.92 Å². The van der Waals surface area contributed by atoms with Gasteiger partial charge in [0.05, 0.1) is 5.69 Å². The zero-order valence-electron chi connectivity index (χ0n) is 8.89. The molecule has 1 saturated heterocycles. The van der Waals surface area contributed by atoms with Crippen LogP contribution in [0.2, 0.25) is 0 Å². The number of hydrogen-bond donors (Lipinski definition) is 1. The highest BCUT2D eigenvalue weighted by atomic mass is 35.5. The Bertz CT molecular complexity index is 310. The summed E-state index contributed by atoms with van der Waals surface area (Å²) in [7, 11) is 0. The third kappa shape index (κ3) is 2.79. The molecule has 1 aromatic heterocycles. The van der Waals surface area contributed by atoms with Crippen LogP contribution in [0.4, 0.5) is 5.82 Å². The van der Waals surface area contributed by atoms with E-state index in [9.17, 15) is 0 Å². The van der Waals surface area contributed by atoms with Gasteiger partial charge in [0.1, 0.15) is 5.82 Å². The molecule has 1 fully saturated rings. The normalized spacial score (nSPS) is 17.3. The lowest BCUT2D eigenvalue weighted by Gasteiger charge is -2.31. The van der Waals surface area contributed by atoms with Crippen LogP contribution in [0.3, 0.4) is 0 Å². The molecular weight excluding hydrogens is 212 g/mol. The average Bonchev–Trinajstić information content (AvgIpc) is 2.20. The molecule has 0 spiro atoms. The molecule has 4 nitrogen and oxygen atoms in total. The molecule has 2 N–H and O–H groups in total. The molecule has 0 bridgehead atoms. The van der Waals surface area contributed by atoms with Gasteiger partial charge in [-0.05, 0) is 19.8 Å². The van der Waals surface area contributed by atoms with Crippen molar-refractivity contribution in [3.05, 3.63) is 18.1 Å². The third-order valence-electron chi connectivity index (χ3n) is 2.69. The predicted molar refractivity (Wildman–Crippen MR) is 63.4 cm³/mol. The van der Waals surface area contributed by atoms with Crippen molar-refractivity contribution in [1.29, 1.82) is 0 Å². The van der Waals surface area contributed by atoms with Crippen molar-refractivity contribution < 1.29 is 0 Å². The fourth-order valence-corrected chi connectivity index (χ4v) is 1.82. The summed E-state index contributed by atoms with van der Waals surface area (Å²) in [6.45, 7) is 4.00. The highest BCUT2D eigenvalue weighted by Crippen LogP contribution is 2.18. The summed E-state index contributed by atoms with van der Waals surface area (Å²) in [5.41, 5.74) is 6.85. The molecule has 0 amide bonds. The second-order valence-electron chi connectivity index (χ2n) is 3.79. The number of halogens is 1. The summed E-state index contributed by atoms with van der Waals surface area (Å²) in [6, 6.07) is 0.364. The van der Waals surface area contributed by atoms with Crippen molar-refractivity contribution in [3.8, 4) is 0 Å². The predicted octanol–water partition coefficient (Wildman–Crippen LogP) is 1.13. The maximum Gasteiger partial charge on any atom is 0.150 e. The van der Waals surface area contributed by atoms with Crippen LogP contribution in [-0.2, 0) is 0 Å². The molecule has 84 valence electrons. The Morgan fingerprint density at radius 2 is 1.87 bits per heavy atom. The fourth-order valence-electron chi connectivity index (χ4n) is 1.82. The Morgan fingerprint density at radius 3 is 2.47 bits per heavy atom. The minimum Gasteiger partial charge on any atom is -0.355 e. The van der Waals surface area contributed by atoms with Gasteiger partial charge < -0.3 is 10.6 Å². The van der Waals surface area contributed by atoms with Crippen LogP contribution >= 0.6 is 12.4 Å². The molecule has 2 rings (SSSR count). The van der Waals surface area contributed by atoms with Crippen LogP contribution < -0.4 is 10.6 Å². The summed E-state index contributed by atoms with van der Waals surface area (Å²) in [6.07, 6.45) is 5.58. The second-order valence-corrected chi connectivity index (χ2v) is 3.79. The standard InChI is InChI=1S/C10H16N4.ClH/c1-8-10(13-5-4-12-8)14-6-2-9(11)3-7-14;/h4-5,9H,2-3,6-7,11H2,1H3;1H. The number of rotatable bonds is 1. The number of aromatic nitrogens is 2. The highest BCUT2D eigenvalue weighted by molar-refractivity contribution is 5.85. The molecule has 1 aromatic rings. The van der Waals surface area contributed by atoms with E-state index in [1.807, 2.05) is 6.92 Å². The molecule has 0 aromatic carbocycles. The van der Waals surface area contributed by atoms with Gasteiger partial charge in [-0.2, -0.15) is 0 Å². The molecule has 15 heavy (non-hydrogen) atoms. The van der Waals surface area contributed by atoms with Gasteiger partial charge in [-0.15, -0.1) is 12.4 Å². The van der Waals surface area contributed by atoms with Gasteiger partial charge in [-0.25, -0.2) is 4.98 Å². The average molecular weight is 229 g/mol. The summed E-state index contributed by atoms with van der Waals surface area (Å²) in [5, 5.41) is 0. The maximum atomic E-state index is 5.85. The molecule has 0 atom stereocenters. The van der Waals surface area contributed by atoms with Gasteiger partial charge in [0.2, 0.25) is 0 Å². The summed E-state index contributed by atoms with van der Waals surface area (Å²) < 4.78 is 0. The van der Waals surface area contributed by atoms with Gasteiger partial charge >= 0.3 is 0 Å². The smallest absolute Gasteiger partial charge is 0.150 e. The minimum absolute atomic E-state index is 0. The van der Waals surface area contributed by atoms with Gasteiger partial charge in [0.25, 0.3) is 0 Å². The lowest BCUT2D eigenvalue weighted by Crippen LogP contribution is -2.40. The molecule has 2 heterocycles. The van der Waals surface area contributed by atoms with Crippen molar-refractivity contribution in [3.63, 3.8) is 0 Å². The molecule has 0 unspecified atom stereocenters. The first-order chi connectivity index (χ1) is 6.77. The number of anilines is 1. The largest absolute Gasteiger partial charge is 0.355 e. The van der Waals surface area contributed by atoms with Crippen molar-refractivity contribution in [2.75, 3.05) is 18.0 Å². The van der Waals surface area contributed by atoms with E-state index in [1.165, 1.54) is 0 Å². The molecule has 1 aliphatic heterocycles. The van der Waals surface area contributed by atoms with E-state index in [2.05, 4.69) is 14.9 Å². The summed E-state index contributed by atoms with van der Waals surface area (Å²) >= 11 is 0. The summed E-state index contributed by atoms with van der Waals surface area (Å²) in [5.74, 6) is 1.01. The zero-order chi connectivity index (χ0) is 9.97. The van der Waals surface area contributed by atoms with E-state index >= 15 is 0 Å². The quantitative estimate of drug-likeness (QED) is 0.783. The van der Waals surface area contributed by atoms with E-state index in [-0.39, 0.29) is 12.4 Å². The third-order valence-corrected chi connectivity index (χ3v) is 2.69. The number of piperidine rings is 1. The Hall–Kier alpha value is -0.870. The lowest BCUT2D eigenvalue weighted by atomic mass is 10.1. The van der Waals surface area contributed by atoms with Gasteiger partial charge in [-0.1, -0.05) is 0 Å². The minimum atomic E-state index is 0. The fraction of sp³-hybridized carbons (Fsp3) is 0.600. The molecule has 5 heteroatoms. The van der Waals surface area contributed by atoms with Crippen LogP contribution in [0.5, 0.6) is 0 Å². The first kappa shape index (κ1) is 12.2. The van der Waals surface area contributed by atoms with Crippen molar-refractivity contribution in [1.82, 2.24) is 9.97 Å². The Balaban J connectivity index is 0.00000112. The topological polar surface area (TPSA) is 55.0 Å². The highest BCUT2D eigenvalue weighted by Gasteiger charge is 2.18. The monoisotopic (exact) mass is 228 g/mol. The first-order valence-corrected chi connectivity index (χ1v) is 5.05. The Labute approximate surface area is 96.3 Å². The molecule has 1 aliphatic rings. The van der Waals surface area contributed by atoms with Crippen LogP contribution in [-0.4, -0.2) is 29.1 Å².